The van der Waals surface area contributed by atoms with Gasteiger partial charge in [-0.2, -0.15) is 0 Å². The van der Waals surface area contributed by atoms with E-state index >= 15 is 0 Å². The number of ether oxygens (including phenoxy) is 4. The molecular formula is C40H55NO10. The van der Waals surface area contributed by atoms with Gasteiger partial charge in [-0.05, 0) is 112 Å². The van der Waals surface area contributed by atoms with E-state index in [4.69, 9.17) is 23.4 Å². The third-order valence-corrected chi connectivity index (χ3v) is 11.4. The zero-order valence-electron chi connectivity index (χ0n) is 32.2. The smallest absolute Gasteiger partial charge is 0.345 e. The normalized spacial score (nSPS) is 32.0. The Kier molecular flexibility index (Phi) is 9.62. The molecule has 0 spiro atoms. The molecule has 0 radical (unpaired) electrons. The van der Waals surface area contributed by atoms with Gasteiger partial charge in [-0.15, -0.1) is 0 Å². The molecule has 0 bridgehead atoms. The maximum Gasteiger partial charge on any atom is 0.345 e. The van der Waals surface area contributed by atoms with E-state index in [9.17, 15) is 24.3 Å². The maximum atomic E-state index is 13.7. The second kappa shape index (κ2) is 12.7. The Morgan fingerprint density at radius 2 is 1.51 bits per heavy atom. The molecule has 5 rings (SSSR count). The van der Waals surface area contributed by atoms with Crippen LogP contribution in [0.3, 0.4) is 0 Å². The third kappa shape index (κ3) is 6.82. The summed E-state index contributed by atoms with van der Waals surface area (Å²) in [6.07, 6.45) is 1.32. The second-order valence-corrected chi connectivity index (χ2v) is 18.6. The van der Waals surface area contributed by atoms with Crippen LogP contribution in [0.2, 0.25) is 0 Å². The van der Waals surface area contributed by atoms with Crippen molar-refractivity contribution in [3.05, 3.63) is 46.6 Å². The molecule has 3 aliphatic rings. The van der Waals surface area contributed by atoms with Crippen molar-refractivity contribution in [1.29, 1.82) is 0 Å². The highest BCUT2D eigenvalue weighted by atomic mass is 16.6. The first-order valence-corrected chi connectivity index (χ1v) is 17.9. The monoisotopic (exact) mass is 709 g/mol. The van der Waals surface area contributed by atoms with E-state index in [1.807, 2.05) is 20.8 Å². The summed E-state index contributed by atoms with van der Waals surface area (Å²) < 4.78 is 31.3. The molecule has 2 saturated carbocycles. The number of aliphatic hydroxyl groups excluding tert-OH is 1. The number of nitrogens with zero attached hydrogens (tertiary/aromatic N) is 1. The van der Waals surface area contributed by atoms with E-state index in [1.165, 1.54) is 0 Å². The fourth-order valence-electron chi connectivity index (χ4n) is 8.43. The molecule has 3 unspecified atom stereocenters. The maximum absolute atomic E-state index is 13.7. The molecule has 2 aromatic rings. The lowest BCUT2D eigenvalue weighted by Gasteiger charge is -2.66. The predicted molar refractivity (Wildman–Crippen MR) is 188 cm³/mol. The molecule has 280 valence electrons. The van der Waals surface area contributed by atoms with Crippen LogP contribution < -0.4 is 10.4 Å². The van der Waals surface area contributed by atoms with Crippen LogP contribution in [0.15, 0.2) is 39.8 Å². The van der Waals surface area contributed by atoms with Crippen LogP contribution in [0.25, 0.3) is 11.3 Å². The van der Waals surface area contributed by atoms with Gasteiger partial charge in [0.05, 0.1) is 22.3 Å². The average molecular weight is 710 g/mol. The molecule has 2 fully saturated rings. The number of pyridine rings is 1. The van der Waals surface area contributed by atoms with Gasteiger partial charge in [0.2, 0.25) is 0 Å². The van der Waals surface area contributed by atoms with E-state index in [2.05, 4.69) is 4.98 Å². The fourth-order valence-corrected chi connectivity index (χ4v) is 8.43. The van der Waals surface area contributed by atoms with E-state index in [1.54, 1.807) is 92.9 Å². The van der Waals surface area contributed by atoms with Gasteiger partial charge in [0, 0.05) is 35.4 Å². The van der Waals surface area contributed by atoms with Crippen molar-refractivity contribution in [2.75, 3.05) is 6.61 Å². The number of hydrogen-bond acceptors (Lipinski definition) is 11. The molecule has 51 heavy (non-hydrogen) atoms. The molecular weight excluding hydrogens is 654 g/mol. The molecule has 11 heteroatoms. The lowest BCUT2D eigenvalue weighted by Crippen LogP contribution is -2.71. The minimum Gasteiger partial charge on any atom is -0.482 e. The Bertz CT molecular complexity index is 1730. The number of hydrogen-bond donors (Lipinski definition) is 1. The summed E-state index contributed by atoms with van der Waals surface area (Å²) in [5.74, 6) is -2.14. The van der Waals surface area contributed by atoms with E-state index in [0.717, 1.165) is 0 Å². The molecule has 2 aromatic heterocycles. The summed E-state index contributed by atoms with van der Waals surface area (Å²) >= 11 is 0. The molecule has 8 atom stereocenters. The second-order valence-electron chi connectivity index (χ2n) is 18.6. The Hall–Kier alpha value is -3.73. The summed E-state index contributed by atoms with van der Waals surface area (Å²) in [6, 6.07) is 5.05. The van der Waals surface area contributed by atoms with Crippen LogP contribution in [-0.4, -0.2) is 52.4 Å². The van der Waals surface area contributed by atoms with Gasteiger partial charge in [0.1, 0.15) is 41.5 Å². The standard InChI is InChI=1S/C40H55NO10/c1-35(2,3)32(44)47-21-39(11)25-19-27(50-34(46)37(7,8)9)40(12)30(38(25,10)16-15-26(39)49-33(45)36(4,5)6)29(42)28-24(51-40)18-23(48-31(28)43)22-14-13-17-41-20-22/h13-14,17-18,20,25-27,29-30,42H,15-16,19,21H2,1-12H3/t25?,26-,27-,29?,30?,38-,39-,40+/m0/s1. The SMILES string of the molecule is CC(C)(C)C(=O)OC[C@@]1(C)C2C[C@H](OC(=O)C(C)(C)C)[C@@]3(C)Oc4cc(-c5cccnc5)oc(=O)c4C(O)C3[C@@]2(C)CC[C@@H]1OC(=O)C(C)(C)C. The molecule has 1 N–H and O–H groups in total. The molecule has 11 nitrogen and oxygen atoms in total. The van der Waals surface area contributed by atoms with Crippen LogP contribution in [-0.2, 0) is 28.6 Å². The van der Waals surface area contributed by atoms with Crippen molar-refractivity contribution in [2.45, 2.75) is 126 Å². The van der Waals surface area contributed by atoms with Gasteiger partial charge in [-0.3, -0.25) is 19.4 Å². The van der Waals surface area contributed by atoms with Gasteiger partial charge in [-0.1, -0.05) is 13.8 Å². The average Bonchev–Trinajstić information content (AvgIpc) is 3.00. The van der Waals surface area contributed by atoms with Gasteiger partial charge >= 0.3 is 23.5 Å². The Morgan fingerprint density at radius 1 is 0.922 bits per heavy atom. The van der Waals surface area contributed by atoms with Crippen LogP contribution in [0.4, 0.5) is 0 Å². The molecule has 0 aromatic carbocycles. The highest BCUT2D eigenvalue weighted by molar-refractivity contribution is 5.76. The highest BCUT2D eigenvalue weighted by Crippen LogP contribution is 2.67. The number of esters is 3. The topological polar surface area (TPSA) is 151 Å². The molecule has 1 aliphatic heterocycles. The zero-order valence-corrected chi connectivity index (χ0v) is 32.2. The summed E-state index contributed by atoms with van der Waals surface area (Å²) in [6.45, 7) is 21.7. The highest BCUT2D eigenvalue weighted by Gasteiger charge is 2.71. The van der Waals surface area contributed by atoms with E-state index in [-0.39, 0.29) is 30.1 Å². The van der Waals surface area contributed by atoms with Gasteiger partial charge < -0.3 is 28.5 Å². The Balaban J connectivity index is 1.68. The van der Waals surface area contributed by atoms with Crippen molar-refractivity contribution >= 4 is 17.9 Å². The summed E-state index contributed by atoms with van der Waals surface area (Å²) in [4.78, 5) is 58.2. The van der Waals surface area contributed by atoms with Gasteiger partial charge in [-0.25, -0.2) is 4.79 Å². The number of aromatic nitrogens is 1. The van der Waals surface area contributed by atoms with Crippen LogP contribution in [0.1, 0.15) is 114 Å². The van der Waals surface area contributed by atoms with Crippen molar-refractivity contribution in [2.24, 2.45) is 38.9 Å². The minimum atomic E-state index is -1.38. The van der Waals surface area contributed by atoms with E-state index in [0.29, 0.717) is 18.4 Å². The van der Waals surface area contributed by atoms with Gasteiger partial charge in [0.15, 0.2) is 0 Å². The van der Waals surface area contributed by atoms with Crippen LogP contribution >= 0.6 is 0 Å². The van der Waals surface area contributed by atoms with Crippen molar-refractivity contribution in [1.82, 2.24) is 4.98 Å². The molecule has 0 saturated heterocycles. The summed E-state index contributed by atoms with van der Waals surface area (Å²) in [7, 11) is 0. The van der Waals surface area contributed by atoms with Crippen molar-refractivity contribution < 1.29 is 42.9 Å². The largest absolute Gasteiger partial charge is 0.482 e. The number of carbonyl (C=O) groups is 3. The third-order valence-electron chi connectivity index (χ3n) is 11.4. The van der Waals surface area contributed by atoms with Crippen molar-refractivity contribution in [3.8, 4) is 17.1 Å². The molecule has 3 heterocycles. The van der Waals surface area contributed by atoms with Gasteiger partial charge in [0.25, 0.3) is 0 Å². The summed E-state index contributed by atoms with van der Waals surface area (Å²) in [5, 5.41) is 12.4. The Labute approximate surface area is 300 Å². The van der Waals surface area contributed by atoms with Crippen LogP contribution in [0, 0.1) is 38.9 Å². The predicted octanol–water partition coefficient (Wildman–Crippen LogP) is 6.83. The molecule has 2 aliphatic carbocycles. The fraction of sp³-hybridized carbons (Fsp3) is 0.675. The first-order chi connectivity index (χ1) is 23.3. The Morgan fingerprint density at radius 3 is 2.06 bits per heavy atom. The number of fused-ring (bicyclic) bond motifs is 4. The lowest BCUT2D eigenvalue weighted by molar-refractivity contribution is -0.273. The molecule has 0 amide bonds. The van der Waals surface area contributed by atoms with Crippen molar-refractivity contribution in [3.63, 3.8) is 0 Å². The van der Waals surface area contributed by atoms with E-state index < -0.39 is 86.4 Å². The summed E-state index contributed by atoms with van der Waals surface area (Å²) in [5.41, 5.74) is -5.75. The first kappa shape index (κ1) is 38.5. The number of aliphatic hydroxyl groups is 1. The first-order valence-electron chi connectivity index (χ1n) is 17.9. The zero-order chi connectivity index (χ0) is 38.1. The quantitative estimate of drug-likeness (QED) is 0.257. The minimum absolute atomic E-state index is 0.0185. The lowest BCUT2D eigenvalue weighted by atomic mass is 9.42. The van der Waals surface area contributed by atoms with Crippen LogP contribution in [0.5, 0.6) is 5.75 Å². The number of carbonyl (C=O) groups excluding carboxylic acids is 3. The number of rotatable bonds is 5.